The summed E-state index contributed by atoms with van der Waals surface area (Å²) in [5, 5.41) is 0. The molecule has 0 fully saturated rings. The van der Waals surface area contributed by atoms with Gasteiger partial charge in [-0.3, -0.25) is 0 Å². The molecule has 0 aromatic carbocycles. The van der Waals surface area contributed by atoms with Crippen LogP contribution < -0.4 is 0 Å². The van der Waals surface area contributed by atoms with Crippen molar-refractivity contribution in [1.82, 2.24) is 0 Å². The van der Waals surface area contributed by atoms with E-state index in [1.165, 1.54) is 0 Å². The van der Waals surface area contributed by atoms with E-state index in [0.29, 0.717) is 0 Å². The van der Waals surface area contributed by atoms with E-state index in [1.54, 1.807) is 0 Å². The monoisotopic (exact) mass is 49.1 g/mol. The first-order valence-corrected chi connectivity index (χ1v) is 1.00. The minimum Gasteiger partial charge on any atom is -0.0384 e. The minimum absolute atomic E-state index is 0.620. The summed E-state index contributed by atoms with van der Waals surface area (Å²) in [4.78, 5) is 0. The van der Waals surface area contributed by atoms with Gasteiger partial charge in [0.05, 0.1) is 0 Å². The van der Waals surface area contributed by atoms with Crippen LogP contribution in [0.5, 0.6) is 0 Å². The molecule has 4 heavy (non-hydrogen) atoms. The van der Waals surface area contributed by atoms with Crippen molar-refractivity contribution in [2.24, 2.45) is 0 Å². The molecule has 0 N–H and O–H groups in total. The summed E-state index contributed by atoms with van der Waals surface area (Å²) in [5.41, 5.74) is 0. The summed E-state index contributed by atoms with van der Waals surface area (Å²) in [5.74, 6) is 0. The Hall–Kier alpha value is 0.260. The van der Waals surface area contributed by atoms with Gasteiger partial charge in [0.1, 0.15) is 0 Å². The van der Waals surface area contributed by atoms with Crippen molar-refractivity contribution in [3.05, 3.63) is 0 Å². The van der Waals surface area contributed by atoms with Crippen molar-refractivity contribution in [2.45, 2.75) is 0 Å². The molecule has 0 amide bonds. The molecule has 4 radical (unpaired) electrons. The molecule has 0 bridgehead atoms. The van der Waals surface area contributed by atoms with Gasteiger partial charge in [0.15, 0.2) is 0 Å². The third-order valence-electron chi connectivity index (χ3n) is 0.111. The van der Waals surface area contributed by atoms with Crippen LogP contribution in [0, 0.1) is 0 Å². The highest BCUT2D eigenvalue weighted by atomic mass is 12.4. The molecule has 0 atom stereocenters. The summed E-state index contributed by atoms with van der Waals surface area (Å²) < 4.78 is 13.0. The van der Waals surface area contributed by atoms with E-state index in [1.807, 2.05) is 0 Å². The van der Waals surface area contributed by atoms with Gasteiger partial charge >= 0.3 is 0 Å². The fraction of sp³-hybridized carbons (Fsp3) is 0. The van der Waals surface area contributed by atoms with Gasteiger partial charge in [0.2, 0.25) is 0 Å². The van der Waals surface area contributed by atoms with E-state index < -0.39 is 7.02 Å². The van der Waals surface area contributed by atoms with E-state index in [-0.39, 0.29) is 0 Å². The molecule has 0 rings (SSSR count). The second-order valence-electron chi connectivity index (χ2n) is 0.385. The maximum atomic E-state index is 6.65. The standard InChI is InChI=1S/B4H2/c1-3-4-2/h1,3H/i1T,3D. The Kier molecular flexibility index (Phi) is 1.33. The zero-order valence-electron chi connectivity index (χ0n) is 4.31. The minimum atomic E-state index is -0.620. The first-order chi connectivity index (χ1) is 2.81. The third-order valence-corrected chi connectivity index (χ3v) is 0.111. The van der Waals surface area contributed by atoms with Gasteiger partial charge in [-0.15, -0.1) is 0 Å². The van der Waals surface area contributed by atoms with E-state index in [4.69, 9.17) is 10.4 Å². The lowest BCUT2D eigenvalue weighted by molar-refractivity contribution is 4.14. The first kappa shape index (κ1) is 1.64. The third kappa shape index (κ3) is 2.26. The van der Waals surface area contributed by atoms with Crippen LogP contribution in [0.25, 0.3) is 0 Å². The zero-order valence-corrected chi connectivity index (χ0v) is 2.31. The molecule has 0 aliphatic rings. The molecule has 0 aromatic rings. The van der Waals surface area contributed by atoms with Crippen LogP contribution in [-0.4, -0.2) is 32.2 Å². The molecule has 0 unspecified atom stereocenters. The predicted octanol–water partition coefficient (Wildman–Crippen LogP) is -2.06. The molecule has 0 spiro atoms. The Morgan fingerprint density at radius 2 is 3.75 bits per heavy atom. The van der Waals surface area contributed by atoms with E-state index in [2.05, 4.69) is 0 Å². The highest BCUT2D eigenvalue weighted by molar-refractivity contribution is 7.37. The van der Waals surface area contributed by atoms with Crippen LogP contribution in [0.4, 0.5) is 0 Å². The molecule has 0 aliphatic carbocycles. The topological polar surface area (TPSA) is 0 Å². The summed E-state index contributed by atoms with van der Waals surface area (Å²) in [6, 6.07) is 0. The number of rotatable bonds is 2. The van der Waals surface area contributed by atoms with Crippen molar-refractivity contribution in [3.63, 3.8) is 0 Å². The molecular weight excluding hydrogens is 43.2 g/mol. The molecule has 0 saturated heterocycles. The maximum Gasteiger partial charge on any atom is 0.0375 e. The van der Waals surface area contributed by atoms with Gasteiger partial charge in [-0.1, -0.05) is 0 Å². The molecule has 0 nitrogen and oxygen atoms in total. The molecule has 0 heterocycles. The van der Waals surface area contributed by atoms with Crippen molar-refractivity contribution in [1.29, 1.82) is 2.67 Å². The Morgan fingerprint density at radius 3 is 3.75 bits per heavy atom. The molecule has 4 heteroatoms. The lowest BCUT2D eigenvalue weighted by Crippen LogP contribution is -2.00. The largest absolute Gasteiger partial charge is 0.0384 e. The highest BCUT2D eigenvalue weighted by Gasteiger charge is 1.64. The fourth-order valence-corrected chi connectivity index (χ4v) is 0. The quantitative estimate of drug-likeness (QED) is 0.315. The van der Waals surface area contributed by atoms with Gasteiger partial charge < -0.3 is 0 Å². The molecule has 0 aliphatic heterocycles. The van der Waals surface area contributed by atoms with Crippen LogP contribution in [0.1, 0.15) is 0 Å². The predicted molar refractivity (Wildman–Crippen MR) is 25.8 cm³/mol. The molecular formula is H2B4. The van der Waals surface area contributed by atoms with Crippen LogP contribution in [0.2, 0.25) is 0 Å². The van der Waals surface area contributed by atoms with Crippen molar-refractivity contribution >= 4 is 29.5 Å². The van der Waals surface area contributed by atoms with Gasteiger partial charge in [0.25, 0.3) is 0 Å². The van der Waals surface area contributed by atoms with Crippen LogP contribution in [0.3, 0.4) is 0 Å². The molecule has 0 saturated carbocycles. The van der Waals surface area contributed by atoms with Crippen LogP contribution >= 0.6 is 0 Å². The second kappa shape index (κ2) is 3.26. The second-order valence-corrected chi connectivity index (χ2v) is 0.385. The van der Waals surface area contributed by atoms with Crippen LogP contribution in [-0.2, 0) is 0 Å². The lowest BCUT2D eigenvalue weighted by atomic mass is 9.19. The smallest absolute Gasteiger partial charge is 0.0375 e. The van der Waals surface area contributed by atoms with E-state index in [9.17, 15) is 0 Å². The molecule has 14 valence electrons. The van der Waals surface area contributed by atoms with E-state index in [0.717, 1.165) is 14.8 Å². The average Bonchev–Trinajstić information content (AvgIpc) is 1.65. The van der Waals surface area contributed by atoms with Crippen LogP contribution in [0.15, 0.2) is 0 Å². The van der Waals surface area contributed by atoms with Crippen molar-refractivity contribution in [2.75, 3.05) is 0 Å². The SMILES string of the molecule is [2H]B([B][3H])[B][B]. The fourth-order valence-electron chi connectivity index (χ4n) is 0. The number of hydrogen-bond acceptors (Lipinski definition) is 0. The average molecular weight is 48.3 g/mol. The van der Waals surface area contributed by atoms with Gasteiger partial charge in [-0.2, -0.15) is 0 Å². The van der Waals surface area contributed by atoms with Crippen molar-refractivity contribution < 1.29 is 0 Å². The summed E-state index contributed by atoms with van der Waals surface area (Å²) in [6.45, 7) is 0. The normalized spacial score (nSPS) is 11.0. The zero-order chi connectivity index (χ0) is 4.99. The maximum absolute atomic E-state index is 6.65. The number of hydrogen-bond donors (Lipinski definition) is 0. The summed E-state index contributed by atoms with van der Waals surface area (Å²) in [7, 11) is 6.30. The molecule has 0 aromatic heterocycles. The summed E-state index contributed by atoms with van der Waals surface area (Å²) >= 11 is 0. The summed E-state index contributed by atoms with van der Waals surface area (Å²) in [6.07, 6.45) is 0. The Balaban J connectivity index is 2.75. The Bertz CT molecular complexity index is 24.7. The van der Waals surface area contributed by atoms with Gasteiger partial charge in [-0.05, 0) is 2.67 Å². The van der Waals surface area contributed by atoms with Gasteiger partial charge in [0, 0.05) is 29.5 Å². The van der Waals surface area contributed by atoms with Crippen molar-refractivity contribution in [3.8, 4) is 0 Å². The highest BCUT2D eigenvalue weighted by Crippen LogP contribution is 1.24. The Labute approximate surface area is 33.3 Å². The van der Waals surface area contributed by atoms with Gasteiger partial charge in [-0.25, -0.2) is 0 Å². The first-order valence-electron chi connectivity index (χ1n) is 2.15. The Morgan fingerprint density at radius 1 is 3.00 bits per heavy atom. The lowest BCUT2D eigenvalue weighted by Gasteiger charge is -1.60. The van der Waals surface area contributed by atoms with E-state index >= 15 is 0 Å².